The molecule has 0 radical (unpaired) electrons. The molecule has 82 heavy (non-hydrogen) atoms. The molecule has 0 atom stereocenters. The van der Waals surface area contributed by atoms with Gasteiger partial charge in [-0.1, -0.05) is 91.0 Å². The summed E-state index contributed by atoms with van der Waals surface area (Å²) in [6, 6.07) is 58.3. The number of hydrogen-bond acceptors (Lipinski definition) is 8. The number of rotatable bonds is 7. The lowest BCUT2D eigenvalue weighted by atomic mass is 9.96. The molecule has 0 unspecified atom stereocenters. The van der Waals surface area contributed by atoms with Crippen LogP contribution in [0.2, 0.25) is 0 Å². The van der Waals surface area contributed by atoms with Crippen LogP contribution in [0.25, 0.3) is 130 Å². The molecule has 0 aliphatic rings. The highest BCUT2D eigenvalue weighted by atomic mass is 15.1. The summed E-state index contributed by atoms with van der Waals surface area (Å²) in [6.07, 6.45) is 0. The van der Waals surface area contributed by atoms with Crippen LogP contribution in [0.15, 0.2) is 158 Å². The fraction of sp³-hybridized carbons (Fsp3) is 0.0294. The molecule has 0 saturated heterocycles. The molecule has 14 nitrogen and oxygen atoms in total. The van der Waals surface area contributed by atoms with Crippen LogP contribution in [0.1, 0.15) is 39.5 Å². The Labute approximate surface area is 468 Å². The van der Waals surface area contributed by atoms with Gasteiger partial charge in [-0.2, -0.15) is 26.3 Å². The van der Waals surface area contributed by atoms with Gasteiger partial charge in [-0.25, -0.2) is 34.3 Å². The zero-order valence-electron chi connectivity index (χ0n) is 43.3. The van der Waals surface area contributed by atoms with Crippen LogP contribution >= 0.6 is 0 Å². The quantitative estimate of drug-likeness (QED) is 0.141. The molecule has 0 saturated carbocycles. The molecular weight excluding hydrogens is 1010 g/mol. The molecular formula is C68H32N14. The highest BCUT2D eigenvalue weighted by molar-refractivity contribution is 6.14. The van der Waals surface area contributed by atoms with Gasteiger partial charge in [0.2, 0.25) is 0 Å². The number of fused-ring (bicyclic) bond motifs is 6. The molecule has 12 rings (SSSR count). The smallest absolute Gasteiger partial charge is 0.196 e. The van der Waals surface area contributed by atoms with Crippen LogP contribution < -0.4 is 0 Å². The zero-order chi connectivity index (χ0) is 56.9. The average Bonchev–Trinajstić information content (AvgIpc) is 2.42. The third kappa shape index (κ3) is 8.17. The Bertz CT molecular complexity index is 4680. The van der Waals surface area contributed by atoms with E-state index in [1.165, 1.54) is 0 Å². The largest absolute Gasteiger partial charge is 0.308 e. The normalized spacial score (nSPS) is 10.7. The summed E-state index contributed by atoms with van der Waals surface area (Å²) in [5.74, 6) is 1.10. The molecule has 0 spiro atoms. The molecule has 9 aromatic carbocycles. The molecule has 374 valence electrons. The summed E-state index contributed by atoms with van der Waals surface area (Å²) in [6.45, 7) is 35.3. The predicted octanol–water partition coefficient (Wildman–Crippen LogP) is 16.6. The van der Waals surface area contributed by atoms with Crippen molar-refractivity contribution >= 4 is 66.4 Å². The zero-order valence-corrected chi connectivity index (χ0v) is 43.3. The molecule has 12 aromatic rings. The maximum atomic E-state index is 11.3. The van der Waals surface area contributed by atoms with Gasteiger partial charge in [0.05, 0.1) is 112 Å². The van der Waals surface area contributed by atoms with Gasteiger partial charge in [0.15, 0.2) is 28.6 Å². The van der Waals surface area contributed by atoms with E-state index in [2.05, 4.69) is 54.7 Å². The summed E-state index contributed by atoms with van der Waals surface area (Å²) in [4.78, 5) is 29.6. The lowest BCUT2D eigenvalue weighted by Crippen LogP contribution is -2.08. The predicted molar refractivity (Wildman–Crippen MR) is 314 cm³/mol. The number of benzene rings is 9. The van der Waals surface area contributed by atoms with Gasteiger partial charge in [-0.3, -0.25) is 0 Å². The molecule has 0 aliphatic heterocycles. The van der Waals surface area contributed by atoms with E-state index in [0.29, 0.717) is 129 Å². The Morgan fingerprint density at radius 3 is 1.20 bits per heavy atom. The SMILES string of the molecule is [C-]#[N+]c1ccc(-c2ccc3c4ccc(-c5ccc(C#N)cc5C#N)cc4n(-c4cc(C#N)cc(-n5c6cc(-c7ccc(C#N)cc7[N+]#[C-])ccc6c6ccc(-c7ccc([N+]#[C-])cc7[N+]#[C-])cc65)c4-c4nc(C)nc(C)n4)c3c2)c(C#N)c1. The maximum absolute atomic E-state index is 11.3. The Morgan fingerprint density at radius 2 is 0.756 bits per heavy atom. The van der Waals surface area contributed by atoms with Crippen LogP contribution in [0, 0.1) is 96.8 Å². The molecule has 0 bridgehead atoms. The first-order valence-corrected chi connectivity index (χ1v) is 25.1. The van der Waals surface area contributed by atoms with Crippen LogP contribution in [-0.4, -0.2) is 24.1 Å². The van der Waals surface area contributed by atoms with Crippen LogP contribution in [0.5, 0.6) is 0 Å². The van der Waals surface area contributed by atoms with Gasteiger partial charge in [0.1, 0.15) is 11.6 Å². The number of nitriles is 5. The minimum Gasteiger partial charge on any atom is -0.308 e. The van der Waals surface area contributed by atoms with E-state index in [0.717, 1.165) is 21.5 Å². The summed E-state index contributed by atoms with van der Waals surface area (Å²) >= 11 is 0. The number of hydrogen-bond donors (Lipinski definition) is 0. The van der Waals surface area contributed by atoms with Crippen molar-refractivity contribution in [1.29, 1.82) is 26.3 Å². The third-order valence-electron chi connectivity index (χ3n) is 14.6. The molecule has 0 N–H and O–H groups in total. The van der Waals surface area contributed by atoms with E-state index in [9.17, 15) is 26.3 Å². The fourth-order valence-electron chi connectivity index (χ4n) is 11.0. The lowest BCUT2D eigenvalue weighted by Gasteiger charge is -2.21. The molecule has 0 fully saturated rings. The van der Waals surface area contributed by atoms with Crippen molar-refractivity contribution in [2.45, 2.75) is 13.8 Å². The average molecular weight is 1050 g/mol. The Morgan fingerprint density at radius 1 is 0.366 bits per heavy atom. The highest BCUT2D eigenvalue weighted by Crippen LogP contribution is 2.46. The van der Waals surface area contributed by atoms with E-state index in [1.54, 1.807) is 98.8 Å². The van der Waals surface area contributed by atoms with E-state index < -0.39 is 0 Å². The number of nitrogens with zero attached hydrogens (tertiary/aromatic N) is 14. The standard InChI is InChI=1S/C68H32N14/c1-38-78-39(2)80-68(79-38)67-65(81-61-28-43(51-15-7-40(33-69)23-47(51)36-72)9-17-55(61)56-18-10-44(29-62(56)81)52-21-13-49(74-3)27-48(52)37-73)25-42(35-71)26-66(67)82-63-30-45(53-16-8-41(34-70)24-59(53)76-5)11-19-57(63)58-20-12-46(31-64(58)82)54-22-14-50(75-4)32-60(54)77-6/h7-32H,1-2H3. The Balaban J connectivity index is 1.27. The fourth-order valence-corrected chi connectivity index (χ4v) is 11.0. The molecule has 3 heterocycles. The number of aryl methyl sites for hydroxylation is 2. The van der Waals surface area contributed by atoms with Gasteiger partial charge in [0.25, 0.3) is 0 Å². The minimum absolute atomic E-state index is 0.244. The van der Waals surface area contributed by atoms with Crippen molar-refractivity contribution in [3.05, 3.63) is 243 Å². The van der Waals surface area contributed by atoms with Crippen molar-refractivity contribution in [3.8, 4) is 97.6 Å². The lowest BCUT2D eigenvalue weighted by molar-refractivity contribution is 0.924. The summed E-state index contributed by atoms with van der Waals surface area (Å²) in [5.41, 5.74) is 11.8. The molecule has 3 aromatic heterocycles. The van der Waals surface area contributed by atoms with E-state index in [-0.39, 0.29) is 22.8 Å². The van der Waals surface area contributed by atoms with Crippen LogP contribution in [0.3, 0.4) is 0 Å². The first-order chi connectivity index (χ1) is 40.0. The second-order valence-corrected chi connectivity index (χ2v) is 19.2. The first kappa shape index (κ1) is 49.9. The van der Waals surface area contributed by atoms with Crippen molar-refractivity contribution < 1.29 is 0 Å². The number of aromatic nitrogens is 5. The van der Waals surface area contributed by atoms with E-state index >= 15 is 0 Å². The van der Waals surface area contributed by atoms with Gasteiger partial charge < -0.3 is 9.13 Å². The van der Waals surface area contributed by atoms with Crippen LogP contribution in [0.4, 0.5) is 22.7 Å². The van der Waals surface area contributed by atoms with Crippen molar-refractivity contribution in [3.63, 3.8) is 0 Å². The van der Waals surface area contributed by atoms with Crippen molar-refractivity contribution in [1.82, 2.24) is 24.1 Å². The second kappa shape index (κ2) is 19.9. The molecule has 0 aliphatic carbocycles. The summed E-state index contributed by atoms with van der Waals surface area (Å²) < 4.78 is 4.07. The van der Waals surface area contributed by atoms with Gasteiger partial charge in [0, 0.05) is 32.7 Å². The van der Waals surface area contributed by atoms with Crippen molar-refractivity contribution in [2.75, 3.05) is 0 Å². The van der Waals surface area contributed by atoms with Gasteiger partial charge in [-0.05, 0) is 125 Å². The van der Waals surface area contributed by atoms with Gasteiger partial charge >= 0.3 is 0 Å². The summed E-state index contributed by atoms with van der Waals surface area (Å²) in [5, 5.41) is 55.1. The van der Waals surface area contributed by atoms with Crippen LogP contribution in [-0.2, 0) is 0 Å². The third-order valence-corrected chi connectivity index (χ3v) is 14.6. The first-order valence-electron chi connectivity index (χ1n) is 25.1. The second-order valence-electron chi connectivity index (χ2n) is 19.2. The minimum atomic E-state index is 0.244. The van der Waals surface area contributed by atoms with E-state index in [4.69, 9.17) is 36.3 Å². The molecule has 0 amide bonds. The monoisotopic (exact) mass is 1040 g/mol. The Kier molecular flexibility index (Phi) is 12.1. The molecule has 14 heteroatoms. The Hall–Kier alpha value is -13.0. The highest BCUT2D eigenvalue weighted by Gasteiger charge is 2.27. The summed E-state index contributed by atoms with van der Waals surface area (Å²) in [7, 11) is 0. The topological polar surface area (TPSA) is 185 Å². The van der Waals surface area contributed by atoms with Gasteiger partial charge in [-0.15, -0.1) is 0 Å². The maximum Gasteiger partial charge on any atom is 0.196 e. The van der Waals surface area contributed by atoms with E-state index in [1.807, 2.05) is 81.9 Å². The van der Waals surface area contributed by atoms with Crippen molar-refractivity contribution in [2.24, 2.45) is 0 Å².